The molecule has 2 heterocycles. The number of thioether (sulfide) groups is 1. The smallest absolute Gasteiger partial charge is 0.287 e. The summed E-state index contributed by atoms with van der Waals surface area (Å²) in [5.74, 6) is 0.683. The van der Waals surface area contributed by atoms with Gasteiger partial charge in [0.15, 0.2) is 0 Å². The first-order chi connectivity index (χ1) is 13.7. The van der Waals surface area contributed by atoms with Crippen LogP contribution in [0.2, 0.25) is 5.02 Å². The predicted octanol–water partition coefficient (Wildman–Crippen LogP) is 4.01. The highest BCUT2D eigenvalue weighted by molar-refractivity contribution is 7.98. The maximum Gasteiger partial charge on any atom is 0.287 e. The first kappa shape index (κ1) is 19.1. The SMILES string of the molecule is O=c1c(SCc2ccc(Cl)cc2)c(N2CCOCC2)cnn1-c1ccccc1. The molecule has 5 nitrogen and oxygen atoms in total. The number of para-hydroxylation sites is 1. The number of morpholine rings is 1. The van der Waals surface area contributed by atoms with Crippen molar-refractivity contribution in [2.24, 2.45) is 0 Å². The van der Waals surface area contributed by atoms with Crippen molar-refractivity contribution >= 4 is 29.1 Å². The lowest BCUT2D eigenvalue weighted by Gasteiger charge is -2.30. The molecular formula is C21H20ClN3O2S. The first-order valence-electron chi connectivity index (χ1n) is 9.10. The van der Waals surface area contributed by atoms with Gasteiger partial charge < -0.3 is 9.64 Å². The lowest BCUT2D eigenvalue weighted by molar-refractivity contribution is 0.122. The van der Waals surface area contributed by atoms with Crippen LogP contribution in [-0.2, 0) is 10.5 Å². The van der Waals surface area contributed by atoms with E-state index in [4.69, 9.17) is 16.3 Å². The van der Waals surface area contributed by atoms with E-state index in [-0.39, 0.29) is 5.56 Å². The quantitative estimate of drug-likeness (QED) is 0.591. The number of nitrogens with zero attached hydrogens (tertiary/aromatic N) is 3. The van der Waals surface area contributed by atoms with Crippen LogP contribution in [0.15, 0.2) is 70.5 Å². The minimum absolute atomic E-state index is 0.103. The molecule has 4 rings (SSSR count). The van der Waals surface area contributed by atoms with E-state index in [2.05, 4.69) is 10.00 Å². The van der Waals surface area contributed by atoms with Gasteiger partial charge in [0.25, 0.3) is 5.56 Å². The van der Waals surface area contributed by atoms with Crippen LogP contribution in [-0.4, -0.2) is 36.1 Å². The molecule has 1 fully saturated rings. The molecule has 0 unspecified atom stereocenters. The highest BCUT2D eigenvalue weighted by Gasteiger charge is 2.20. The summed E-state index contributed by atoms with van der Waals surface area (Å²) in [6.07, 6.45) is 1.80. The van der Waals surface area contributed by atoms with E-state index in [1.165, 1.54) is 16.4 Å². The molecule has 1 aliphatic heterocycles. The summed E-state index contributed by atoms with van der Waals surface area (Å²) in [7, 11) is 0. The molecule has 0 radical (unpaired) electrons. The molecular weight excluding hydrogens is 394 g/mol. The van der Waals surface area contributed by atoms with Crippen molar-refractivity contribution in [3.8, 4) is 5.69 Å². The Morgan fingerprint density at radius 1 is 1.04 bits per heavy atom. The number of rotatable bonds is 5. The van der Waals surface area contributed by atoms with E-state index in [9.17, 15) is 4.79 Å². The third-order valence-electron chi connectivity index (χ3n) is 4.56. The van der Waals surface area contributed by atoms with Gasteiger partial charge in [-0.2, -0.15) is 9.78 Å². The van der Waals surface area contributed by atoms with E-state index in [1.54, 1.807) is 6.20 Å². The average molecular weight is 414 g/mol. The second kappa shape index (κ2) is 8.82. The maximum absolute atomic E-state index is 13.3. The molecule has 0 aliphatic carbocycles. The molecule has 0 N–H and O–H groups in total. The highest BCUT2D eigenvalue weighted by atomic mass is 35.5. The van der Waals surface area contributed by atoms with Crippen molar-refractivity contribution in [2.45, 2.75) is 10.6 Å². The van der Waals surface area contributed by atoms with Gasteiger partial charge in [-0.3, -0.25) is 4.79 Å². The first-order valence-corrected chi connectivity index (χ1v) is 10.5. The fourth-order valence-corrected chi connectivity index (χ4v) is 4.25. The lowest BCUT2D eigenvalue weighted by atomic mass is 10.2. The molecule has 2 aromatic carbocycles. The highest BCUT2D eigenvalue weighted by Crippen LogP contribution is 2.30. The summed E-state index contributed by atoms with van der Waals surface area (Å²) in [6.45, 7) is 2.82. The van der Waals surface area contributed by atoms with Crippen molar-refractivity contribution in [2.75, 3.05) is 31.2 Å². The lowest BCUT2D eigenvalue weighted by Crippen LogP contribution is -2.38. The van der Waals surface area contributed by atoms with Crippen molar-refractivity contribution in [3.63, 3.8) is 0 Å². The van der Waals surface area contributed by atoms with Crippen LogP contribution in [0.5, 0.6) is 0 Å². The number of hydrogen-bond donors (Lipinski definition) is 0. The Balaban J connectivity index is 1.70. The van der Waals surface area contributed by atoms with Crippen LogP contribution in [0.1, 0.15) is 5.56 Å². The van der Waals surface area contributed by atoms with E-state index >= 15 is 0 Å². The normalized spacial score (nSPS) is 14.2. The summed E-state index contributed by atoms with van der Waals surface area (Å²) in [5.41, 5.74) is 2.65. The average Bonchev–Trinajstić information content (AvgIpc) is 2.75. The van der Waals surface area contributed by atoms with Gasteiger partial charge in [0.05, 0.1) is 30.8 Å². The Morgan fingerprint density at radius 2 is 1.75 bits per heavy atom. The zero-order chi connectivity index (χ0) is 19.3. The Bertz CT molecular complexity index is 987. The van der Waals surface area contributed by atoms with Gasteiger partial charge in [0, 0.05) is 23.9 Å². The fourth-order valence-electron chi connectivity index (χ4n) is 3.08. The van der Waals surface area contributed by atoms with Gasteiger partial charge >= 0.3 is 0 Å². The van der Waals surface area contributed by atoms with Crippen LogP contribution in [0.3, 0.4) is 0 Å². The number of halogens is 1. The van der Waals surface area contributed by atoms with Crippen LogP contribution in [0, 0.1) is 0 Å². The number of benzene rings is 2. The minimum Gasteiger partial charge on any atom is -0.378 e. The zero-order valence-electron chi connectivity index (χ0n) is 15.3. The summed E-state index contributed by atoms with van der Waals surface area (Å²) in [6, 6.07) is 17.2. The second-order valence-corrected chi connectivity index (χ2v) is 7.85. The third-order valence-corrected chi connectivity index (χ3v) is 5.97. The largest absolute Gasteiger partial charge is 0.378 e. The topological polar surface area (TPSA) is 47.4 Å². The van der Waals surface area contributed by atoms with Crippen LogP contribution in [0.25, 0.3) is 5.69 Å². The molecule has 1 aromatic heterocycles. The molecule has 0 bridgehead atoms. The van der Waals surface area contributed by atoms with E-state index in [0.717, 1.165) is 30.0 Å². The summed E-state index contributed by atoms with van der Waals surface area (Å²) in [4.78, 5) is 16.2. The Morgan fingerprint density at radius 3 is 2.46 bits per heavy atom. The second-order valence-electron chi connectivity index (χ2n) is 6.43. The standard InChI is InChI=1S/C21H20ClN3O2S/c22-17-8-6-16(7-9-17)15-28-20-19(24-10-12-27-13-11-24)14-23-25(21(20)26)18-4-2-1-3-5-18/h1-9,14H,10-13,15H2. The van der Waals surface area contributed by atoms with Crippen LogP contribution in [0.4, 0.5) is 5.69 Å². The van der Waals surface area contributed by atoms with Crippen molar-refractivity contribution < 1.29 is 4.74 Å². The van der Waals surface area contributed by atoms with Crippen LogP contribution >= 0.6 is 23.4 Å². The maximum atomic E-state index is 13.3. The van der Waals surface area contributed by atoms with Gasteiger partial charge in [-0.25, -0.2) is 0 Å². The molecule has 0 saturated carbocycles. The number of anilines is 1. The molecule has 3 aromatic rings. The molecule has 1 saturated heterocycles. The van der Waals surface area contributed by atoms with Gasteiger partial charge in [-0.05, 0) is 29.8 Å². The monoisotopic (exact) mass is 413 g/mol. The van der Waals surface area contributed by atoms with E-state index in [0.29, 0.717) is 28.9 Å². The summed E-state index contributed by atoms with van der Waals surface area (Å²) in [5, 5.41) is 5.15. The molecule has 1 aliphatic rings. The van der Waals surface area contributed by atoms with Crippen molar-refractivity contribution in [1.82, 2.24) is 9.78 Å². The minimum atomic E-state index is -0.103. The van der Waals surface area contributed by atoms with Gasteiger partial charge in [-0.15, -0.1) is 11.8 Å². The van der Waals surface area contributed by atoms with E-state index < -0.39 is 0 Å². The third kappa shape index (κ3) is 4.24. The molecule has 7 heteroatoms. The molecule has 0 atom stereocenters. The van der Waals surface area contributed by atoms with Crippen molar-refractivity contribution in [3.05, 3.63) is 81.7 Å². The number of ether oxygens (including phenoxy) is 1. The van der Waals surface area contributed by atoms with Gasteiger partial charge in [-0.1, -0.05) is 41.9 Å². The number of hydrogen-bond acceptors (Lipinski definition) is 5. The number of aromatic nitrogens is 2. The van der Waals surface area contributed by atoms with Gasteiger partial charge in [0.2, 0.25) is 0 Å². The summed E-state index contributed by atoms with van der Waals surface area (Å²) < 4.78 is 6.93. The van der Waals surface area contributed by atoms with E-state index in [1.807, 2.05) is 54.6 Å². The van der Waals surface area contributed by atoms with Gasteiger partial charge in [0.1, 0.15) is 4.90 Å². The molecule has 144 valence electrons. The molecule has 28 heavy (non-hydrogen) atoms. The predicted molar refractivity (Wildman–Crippen MR) is 114 cm³/mol. The molecule has 0 amide bonds. The fraction of sp³-hybridized carbons (Fsp3) is 0.238. The zero-order valence-corrected chi connectivity index (χ0v) is 16.8. The Kier molecular flexibility index (Phi) is 6.00. The van der Waals surface area contributed by atoms with Crippen molar-refractivity contribution in [1.29, 1.82) is 0 Å². The Labute approximate surface area is 172 Å². The Hall–Kier alpha value is -2.28. The molecule has 0 spiro atoms. The van der Waals surface area contributed by atoms with Crippen LogP contribution < -0.4 is 10.5 Å². The summed E-state index contributed by atoms with van der Waals surface area (Å²) >= 11 is 7.52.